The van der Waals surface area contributed by atoms with Crippen molar-refractivity contribution in [1.29, 1.82) is 0 Å². The molecule has 0 aromatic heterocycles. The van der Waals surface area contributed by atoms with Crippen LogP contribution in [0.5, 0.6) is 0 Å². The van der Waals surface area contributed by atoms with E-state index >= 15 is 0 Å². The van der Waals surface area contributed by atoms with E-state index in [4.69, 9.17) is 4.74 Å². The lowest BCUT2D eigenvalue weighted by atomic mass is 9.86. The minimum absolute atomic E-state index is 0.0149. The summed E-state index contributed by atoms with van der Waals surface area (Å²) in [6.07, 6.45) is 3.99. The first-order valence-corrected chi connectivity index (χ1v) is 8.12. The van der Waals surface area contributed by atoms with E-state index in [9.17, 15) is 4.79 Å². The van der Waals surface area contributed by atoms with Crippen LogP contribution >= 0.6 is 15.9 Å². The molecule has 0 radical (unpaired) electrons. The lowest BCUT2D eigenvalue weighted by Crippen LogP contribution is -2.35. The molecule has 0 saturated heterocycles. The number of esters is 1. The van der Waals surface area contributed by atoms with E-state index in [1.165, 1.54) is 5.56 Å². The Hall–Kier alpha value is -0.870. The minimum Gasteiger partial charge on any atom is -0.466 e. The third kappa shape index (κ3) is 4.60. The summed E-state index contributed by atoms with van der Waals surface area (Å²) in [7, 11) is 0. The topological polar surface area (TPSA) is 38.3 Å². The zero-order chi connectivity index (χ0) is 14.4. The van der Waals surface area contributed by atoms with E-state index < -0.39 is 0 Å². The summed E-state index contributed by atoms with van der Waals surface area (Å²) >= 11 is 3.44. The van der Waals surface area contributed by atoms with Crippen molar-refractivity contribution < 1.29 is 9.53 Å². The molecule has 1 aliphatic rings. The van der Waals surface area contributed by atoms with Gasteiger partial charge in [-0.1, -0.05) is 28.1 Å². The zero-order valence-corrected chi connectivity index (χ0v) is 13.5. The Morgan fingerprint density at radius 2 is 1.90 bits per heavy atom. The monoisotopic (exact) mass is 339 g/mol. The molecule has 0 aliphatic heterocycles. The maximum Gasteiger partial charge on any atom is 0.308 e. The third-order valence-electron chi connectivity index (χ3n) is 3.86. The fourth-order valence-corrected chi connectivity index (χ4v) is 2.92. The van der Waals surface area contributed by atoms with Crippen molar-refractivity contribution in [2.45, 2.75) is 45.2 Å². The van der Waals surface area contributed by atoms with E-state index in [0.717, 1.165) is 36.7 Å². The van der Waals surface area contributed by atoms with Gasteiger partial charge in [0.05, 0.1) is 12.5 Å². The van der Waals surface area contributed by atoms with Crippen LogP contribution in [-0.2, 0) is 16.1 Å². The Morgan fingerprint density at radius 1 is 1.25 bits per heavy atom. The number of carbonyl (C=O) groups excluding carboxylic acids is 1. The van der Waals surface area contributed by atoms with Gasteiger partial charge < -0.3 is 10.1 Å². The second-order valence-corrected chi connectivity index (χ2v) is 6.22. The lowest BCUT2D eigenvalue weighted by molar-refractivity contribution is -0.149. The first kappa shape index (κ1) is 15.5. The molecule has 0 unspecified atom stereocenters. The summed E-state index contributed by atoms with van der Waals surface area (Å²) in [5.41, 5.74) is 1.29. The smallest absolute Gasteiger partial charge is 0.308 e. The maximum absolute atomic E-state index is 11.7. The molecule has 1 aliphatic carbocycles. The molecular formula is C16H22BrNO2. The Bertz CT molecular complexity index is 425. The van der Waals surface area contributed by atoms with Crippen molar-refractivity contribution in [3.05, 3.63) is 34.3 Å². The summed E-state index contributed by atoms with van der Waals surface area (Å²) in [6, 6.07) is 8.90. The highest BCUT2D eigenvalue weighted by Gasteiger charge is 2.26. The number of benzene rings is 1. The molecule has 1 aromatic carbocycles. The molecule has 0 spiro atoms. The predicted octanol–water partition coefficient (Wildman–Crippen LogP) is 3.66. The van der Waals surface area contributed by atoms with Gasteiger partial charge >= 0.3 is 5.97 Å². The quantitative estimate of drug-likeness (QED) is 0.832. The van der Waals surface area contributed by atoms with Crippen LogP contribution in [0, 0.1) is 5.92 Å². The van der Waals surface area contributed by atoms with Gasteiger partial charge in [-0.05, 0) is 50.3 Å². The summed E-state index contributed by atoms with van der Waals surface area (Å²) < 4.78 is 6.20. The van der Waals surface area contributed by atoms with Crippen LogP contribution in [0.25, 0.3) is 0 Å². The molecule has 1 aromatic rings. The van der Waals surface area contributed by atoms with Crippen molar-refractivity contribution in [3.8, 4) is 0 Å². The molecule has 1 N–H and O–H groups in total. The third-order valence-corrected chi connectivity index (χ3v) is 4.38. The predicted molar refractivity (Wildman–Crippen MR) is 83.4 cm³/mol. The number of nitrogens with one attached hydrogen (secondary N) is 1. The molecule has 2 rings (SSSR count). The molecule has 3 nitrogen and oxygen atoms in total. The number of rotatable bonds is 5. The van der Waals surface area contributed by atoms with Crippen LogP contribution < -0.4 is 5.32 Å². The largest absolute Gasteiger partial charge is 0.466 e. The van der Waals surface area contributed by atoms with Crippen molar-refractivity contribution in [2.24, 2.45) is 5.92 Å². The molecule has 0 bridgehead atoms. The number of hydrogen-bond donors (Lipinski definition) is 1. The van der Waals surface area contributed by atoms with Gasteiger partial charge in [-0.15, -0.1) is 0 Å². The highest BCUT2D eigenvalue weighted by atomic mass is 79.9. The van der Waals surface area contributed by atoms with Gasteiger partial charge in [0.1, 0.15) is 0 Å². The lowest BCUT2D eigenvalue weighted by Gasteiger charge is -2.28. The number of hydrogen-bond acceptors (Lipinski definition) is 3. The Kier molecular flexibility index (Phi) is 6.05. The molecule has 0 heterocycles. The van der Waals surface area contributed by atoms with Crippen LogP contribution in [-0.4, -0.2) is 18.6 Å². The highest BCUT2D eigenvalue weighted by molar-refractivity contribution is 9.10. The molecular weight excluding hydrogens is 318 g/mol. The SMILES string of the molecule is CCOC(=O)C1CCC(NCc2ccc(Br)cc2)CC1. The van der Waals surface area contributed by atoms with E-state index in [1.54, 1.807) is 0 Å². The first-order valence-electron chi connectivity index (χ1n) is 7.33. The average Bonchev–Trinajstić information content (AvgIpc) is 2.47. The molecule has 110 valence electrons. The van der Waals surface area contributed by atoms with Gasteiger partial charge in [0.15, 0.2) is 0 Å². The van der Waals surface area contributed by atoms with Gasteiger partial charge in [0.2, 0.25) is 0 Å². The second-order valence-electron chi connectivity index (χ2n) is 5.31. The summed E-state index contributed by atoms with van der Waals surface area (Å²) in [4.78, 5) is 11.7. The van der Waals surface area contributed by atoms with Crippen LogP contribution in [0.2, 0.25) is 0 Å². The van der Waals surface area contributed by atoms with E-state index in [1.807, 2.05) is 6.92 Å². The van der Waals surface area contributed by atoms with Gasteiger partial charge in [-0.3, -0.25) is 4.79 Å². The van der Waals surface area contributed by atoms with Gasteiger partial charge in [-0.2, -0.15) is 0 Å². The molecule has 4 heteroatoms. The van der Waals surface area contributed by atoms with Crippen LogP contribution in [0.1, 0.15) is 38.2 Å². The second kappa shape index (κ2) is 7.79. The zero-order valence-electron chi connectivity index (χ0n) is 11.9. The van der Waals surface area contributed by atoms with E-state index in [-0.39, 0.29) is 11.9 Å². The van der Waals surface area contributed by atoms with Crippen molar-refractivity contribution in [1.82, 2.24) is 5.32 Å². The Morgan fingerprint density at radius 3 is 2.50 bits per heavy atom. The normalized spacial score (nSPS) is 22.5. The van der Waals surface area contributed by atoms with Crippen LogP contribution in [0.3, 0.4) is 0 Å². The number of carbonyl (C=O) groups is 1. The number of ether oxygens (including phenoxy) is 1. The molecule has 0 amide bonds. The molecule has 20 heavy (non-hydrogen) atoms. The van der Waals surface area contributed by atoms with Gasteiger partial charge in [0, 0.05) is 17.1 Å². The molecule has 1 fully saturated rings. The summed E-state index contributed by atoms with van der Waals surface area (Å²) in [5.74, 6) is 0.0968. The summed E-state index contributed by atoms with van der Waals surface area (Å²) in [6.45, 7) is 3.24. The molecule has 0 atom stereocenters. The maximum atomic E-state index is 11.7. The van der Waals surface area contributed by atoms with E-state index in [2.05, 4.69) is 45.5 Å². The van der Waals surface area contributed by atoms with Crippen molar-refractivity contribution >= 4 is 21.9 Å². The van der Waals surface area contributed by atoms with Crippen molar-refractivity contribution in [3.63, 3.8) is 0 Å². The number of halogens is 1. The molecule has 1 saturated carbocycles. The first-order chi connectivity index (χ1) is 9.69. The fourth-order valence-electron chi connectivity index (χ4n) is 2.66. The van der Waals surface area contributed by atoms with Gasteiger partial charge in [0.25, 0.3) is 0 Å². The fraction of sp³-hybridized carbons (Fsp3) is 0.562. The Labute approximate surface area is 129 Å². The van der Waals surface area contributed by atoms with Crippen LogP contribution in [0.4, 0.5) is 0 Å². The van der Waals surface area contributed by atoms with Gasteiger partial charge in [-0.25, -0.2) is 0 Å². The van der Waals surface area contributed by atoms with E-state index in [0.29, 0.717) is 12.6 Å². The average molecular weight is 340 g/mol. The highest BCUT2D eigenvalue weighted by Crippen LogP contribution is 2.25. The minimum atomic E-state index is -0.0149. The standard InChI is InChI=1S/C16H22BrNO2/c1-2-20-16(19)13-5-9-15(10-6-13)18-11-12-3-7-14(17)8-4-12/h3-4,7-8,13,15,18H,2,5-6,9-11H2,1H3. The van der Waals surface area contributed by atoms with Crippen molar-refractivity contribution in [2.75, 3.05) is 6.61 Å². The van der Waals surface area contributed by atoms with Crippen LogP contribution in [0.15, 0.2) is 28.7 Å². The summed E-state index contributed by atoms with van der Waals surface area (Å²) in [5, 5.41) is 3.58. The Balaban J connectivity index is 1.72.